The standard InChI is InChI=1S/C16H20FN3O/c1-10(2)14(15-18-7-8-20(15)4)19-16(21)12-6-5-11(3)13(17)9-12/h5-10,14H,1-4H3,(H,19,21)/t14-/m1/s1. The second-order valence-corrected chi connectivity index (χ2v) is 5.56. The van der Waals surface area contributed by atoms with Crippen LogP contribution in [0.5, 0.6) is 0 Å². The Kier molecular flexibility index (Phi) is 4.40. The summed E-state index contributed by atoms with van der Waals surface area (Å²) in [5.41, 5.74) is 0.842. The van der Waals surface area contributed by atoms with Gasteiger partial charge in [0.15, 0.2) is 0 Å². The highest BCUT2D eigenvalue weighted by atomic mass is 19.1. The molecular formula is C16H20FN3O. The fourth-order valence-corrected chi connectivity index (χ4v) is 2.16. The third-order valence-electron chi connectivity index (χ3n) is 3.52. The first-order valence-corrected chi connectivity index (χ1v) is 6.94. The average molecular weight is 289 g/mol. The normalized spacial score (nSPS) is 12.5. The van der Waals surface area contributed by atoms with Crippen LogP contribution in [0.4, 0.5) is 4.39 Å². The van der Waals surface area contributed by atoms with Gasteiger partial charge in [0, 0.05) is 25.0 Å². The number of amides is 1. The SMILES string of the molecule is Cc1ccc(C(=O)N[C@@H](c2nccn2C)C(C)C)cc1F. The number of hydrogen-bond acceptors (Lipinski definition) is 2. The van der Waals surface area contributed by atoms with Crippen LogP contribution >= 0.6 is 0 Å². The van der Waals surface area contributed by atoms with Gasteiger partial charge >= 0.3 is 0 Å². The number of halogens is 1. The van der Waals surface area contributed by atoms with Gasteiger partial charge in [-0.3, -0.25) is 4.79 Å². The molecule has 0 unspecified atom stereocenters. The zero-order valence-electron chi connectivity index (χ0n) is 12.7. The molecule has 2 rings (SSSR count). The molecule has 1 aromatic carbocycles. The quantitative estimate of drug-likeness (QED) is 0.940. The van der Waals surface area contributed by atoms with E-state index in [1.807, 2.05) is 31.7 Å². The molecule has 0 saturated heterocycles. The lowest BCUT2D eigenvalue weighted by Crippen LogP contribution is -2.33. The van der Waals surface area contributed by atoms with Gasteiger partial charge in [-0.2, -0.15) is 0 Å². The number of nitrogens with zero attached hydrogens (tertiary/aromatic N) is 2. The van der Waals surface area contributed by atoms with Crippen LogP contribution in [0.3, 0.4) is 0 Å². The maximum absolute atomic E-state index is 13.6. The summed E-state index contributed by atoms with van der Waals surface area (Å²) in [6, 6.07) is 4.28. The molecule has 1 amide bonds. The van der Waals surface area contributed by atoms with Crippen molar-refractivity contribution >= 4 is 5.91 Å². The molecule has 5 heteroatoms. The second kappa shape index (κ2) is 6.08. The molecule has 0 aliphatic heterocycles. The molecule has 0 aliphatic rings. The molecule has 0 aliphatic carbocycles. The third kappa shape index (κ3) is 3.29. The summed E-state index contributed by atoms with van der Waals surface area (Å²) in [6.07, 6.45) is 3.53. The van der Waals surface area contributed by atoms with Crippen LogP contribution in [0, 0.1) is 18.7 Å². The lowest BCUT2D eigenvalue weighted by Gasteiger charge is -2.22. The molecule has 0 saturated carbocycles. The minimum absolute atomic E-state index is 0.172. The Balaban J connectivity index is 2.23. The maximum atomic E-state index is 13.6. The Hall–Kier alpha value is -2.17. The van der Waals surface area contributed by atoms with E-state index >= 15 is 0 Å². The lowest BCUT2D eigenvalue weighted by molar-refractivity contribution is 0.0922. The van der Waals surface area contributed by atoms with Crippen molar-refractivity contribution in [3.05, 3.63) is 53.4 Å². The van der Waals surface area contributed by atoms with Crippen molar-refractivity contribution in [2.45, 2.75) is 26.8 Å². The molecule has 4 nitrogen and oxygen atoms in total. The Morgan fingerprint density at radius 3 is 2.62 bits per heavy atom. The summed E-state index contributed by atoms with van der Waals surface area (Å²) in [5, 5.41) is 2.93. The Morgan fingerprint density at radius 2 is 2.10 bits per heavy atom. The first-order chi connectivity index (χ1) is 9.90. The number of aryl methyl sites for hydroxylation is 2. The topological polar surface area (TPSA) is 46.9 Å². The molecule has 1 aromatic heterocycles. The lowest BCUT2D eigenvalue weighted by atomic mass is 10.0. The van der Waals surface area contributed by atoms with Crippen molar-refractivity contribution in [3.8, 4) is 0 Å². The van der Waals surface area contributed by atoms with E-state index in [-0.39, 0.29) is 23.7 Å². The third-order valence-corrected chi connectivity index (χ3v) is 3.52. The number of carbonyl (C=O) groups is 1. The molecular weight excluding hydrogens is 269 g/mol. The van der Waals surface area contributed by atoms with Crippen LogP contribution in [0.1, 0.15) is 41.6 Å². The predicted molar refractivity (Wildman–Crippen MR) is 79.4 cm³/mol. The van der Waals surface area contributed by atoms with Crippen LogP contribution in [0.15, 0.2) is 30.6 Å². The van der Waals surface area contributed by atoms with Crippen molar-refractivity contribution in [1.29, 1.82) is 0 Å². The van der Waals surface area contributed by atoms with E-state index in [4.69, 9.17) is 0 Å². The van der Waals surface area contributed by atoms with Crippen LogP contribution < -0.4 is 5.32 Å². The summed E-state index contributed by atoms with van der Waals surface area (Å²) in [7, 11) is 1.88. The average Bonchev–Trinajstić information content (AvgIpc) is 2.84. The van der Waals surface area contributed by atoms with Gasteiger partial charge in [0.05, 0.1) is 6.04 Å². The minimum Gasteiger partial charge on any atom is -0.342 e. The molecule has 0 fully saturated rings. The zero-order chi connectivity index (χ0) is 15.6. The number of benzene rings is 1. The van der Waals surface area contributed by atoms with Crippen molar-refractivity contribution in [2.75, 3.05) is 0 Å². The number of aromatic nitrogens is 2. The van der Waals surface area contributed by atoms with E-state index in [1.165, 1.54) is 6.07 Å². The molecule has 1 N–H and O–H groups in total. The van der Waals surface area contributed by atoms with E-state index in [0.717, 1.165) is 5.82 Å². The van der Waals surface area contributed by atoms with Gasteiger partial charge in [-0.25, -0.2) is 9.37 Å². The monoisotopic (exact) mass is 289 g/mol. The van der Waals surface area contributed by atoms with E-state index in [1.54, 1.807) is 25.3 Å². The largest absolute Gasteiger partial charge is 0.342 e. The van der Waals surface area contributed by atoms with Crippen molar-refractivity contribution in [2.24, 2.45) is 13.0 Å². The van der Waals surface area contributed by atoms with Crippen LogP contribution in [0.2, 0.25) is 0 Å². The van der Waals surface area contributed by atoms with Crippen LogP contribution in [0.25, 0.3) is 0 Å². The fraction of sp³-hybridized carbons (Fsp3) is 0.375. The number of nitrogens with one attached hydrogen (secondary N) is 1. The highest BCUT2D eigenvalue weighted by Crippen LogP contribution is 2.20. The summed E-state index contributed by atoms with van der Waals surface area (Å²) >= 11 is 0. The highest BCUT2D eigenvalue weighted by molar-refractivity contribution is 5.94. The maximum Gasteiger partial charge on any atom is 0.251 e. The van der Waals surface area contributed by atoms with Crippen molar-refractivity contribution < 1.29 is 9.18 Å². The summed E-state index contributed by atoms with van der Waals surface area (Å²) < 4.78 is 15.5. The number of hydrogen-bond donors (Lipinski definition) is 1. The smallest absolute Gasteiger partial charge is 0.251 e. The van der Waals surface area contributed by atoms with Gasteiger partial charge in [-0.1, -0.05) is 19.9 Å². The summed E-state index contributed by atoms with van der Waals surface area (Å²) in [6.45, 7) is 5.69. The fourth-order valence-electron chi connectivity index (χ4n) is 2.16. The van der Waals surface area contributed by atoms with Crippen LogP contribution in [-0.2, 0) is 7.05 Å². The van der Waals surface area contributed by atoms with Gasteiger partial charge < -0.3 is 9.88 Å². The first kappa shape index (κ1) is 15.2. The highest BCUT2D eigenvalue weighted by Gasteiger charge is 2.22. The van der Waals surface area contributed by atoms with E-state index in [0.29, 0.717) is 11.1 Å². The number of imidazole rings is 1. The molecule has 0 spiro atoms. The van der Waals surface area contributed by atoms with E-state index < -0.39 is 0 Å². The first-order valence-electron chi connectivity index (χ1n) is 6.94. The molecule has 2 aromatic rings. The van der Waals surface area contributed by atoms with Gasteiger partial charge in [-0.05, 0) is 30.5 Å². The van der Waals surface area contributed by atoms with Crippen LogP contribution in [-0.4, -0.2) is 15.5 Å². The Morgan fingerprint density at radius 1 is 1.38 bits per heavy atom. The Labute approximate surface area is 124 Å². The molecule has 21 heavy (non-hydrogen) atoms. The molecule has 0 bridgehead atoms. The minimum atomic E-state index is -0.374. The van der Waals surface area contributed by atoms with Gasteiger partial charge in [-0.15, -0.1) is 0 Å². The van der Waals surface area contributed by atoms with Gasteiger partial charge in [0.25, 0.3) is 5.91 Å². The molecule has 1 atom stereocenters. The predicted octanol–water partition coefficient (Wildman–Crippen LogP) is 2.99. The summed E-state index contributed by atoms with van der Waals surface area (Å²) in [5.74, 6) is 0.285. The molecule has 1 heterocycles. The van der Waals surface area contributed by atoms with Gasteiger partial charge in [0.1, 0.15) is 11.6 Å². The number of carbonyl (C=O) groups excluding carboxylic acids is 1. The number of rotatable bonds is 4. The summed E-state index contributed by atoms with van der Waals surface area (Å²) in [4.78, 5) is 16.6. The van der Waals surface area contributed by atoms with Gasteiger partial charge in [0.2, 0.25) is 0 Å². The Bertz CT molecular complexity index is 649. The molecule has 112 valence electrons. The second-order valence-electron chi connectivity index (χ2n) is 5.56. The molecule has 0 radical (unpaired) electrons. The van der Waals surface area contributed by atoms with E-state index in [2.05, 4.69) is 10.3 Å². The zero-order valence-corrected chi connectivity index (χ0v) is 12.7. The van der Waals surface area contributed by atoms with Crippen molar-refractivity contribution in [3.63, 3.8) is 0 Å². The van der Waals surface area contributed by atoms with E-state index in [9.17, 15) is 9.18 Å². The van der Waals surface area contributed by atoms with Crippen molar-refractivity contribution in [1.82, 2.24) is 14.9 Å².